The maximum absolute atomic E-state index is 13.2. The summed E-state index contributed by atoms with van der Waals surface area (Å²) in [5.74, 6) is -0.655. The van der Waals surface area contributed by atoms with Crippen LogP contribution in [0, 0.1) is 6.92 Å². The smallest absolute Gasteiger partial charge is 0.296 e. The number of aliphatic hydroxyl groups excluding tert-OH is 1. The predicted octanol–water partition coefficient (Wildman–Crippen LogP) is 5.21. The number of aryl methyl sites for hydroxylation is 1. The largest absolute Gasteiger partial charge is 0.507 e. The van der Waals surface area contributed by atoms with E-state index < -0.39 is 17.7 Å². The molecule has 1 atom stereocenters. The molecule has 1 unspecified atom stereocenters. The lowest BCUT2D eigenvalue weighted by atomic mass is 9.94. The summed E-state index contributed by atoms with van der Waals surface area (Å²) in [6.07, 6.45) is 1.65. The zero-order valence-corrected chi connectivity index (χ0v) is 19.8. The Labute approximate surface area is 197 Å². The topological polar surface area (TPSA) is 79.7 Å². The van der Waals surface area contributed by atoms with Gasteiger partial charge < -0.3 is 14.7 Å². The van der Waals surface area contributed by atoms with Gasteiger partial charge in [-0.05, 0) is 65.7 Å². The van der Waals surface area contributed by atoms with Crippen molar-refractivity contribution in [3.05, 3.63) is 86.9 Å². The number of ether oxygens (including phenoxy) is 1. The Hall–Kier alpha value is -3.45. The molecular formula is C26H26N2O4S. The Morgan fingerprint density at radius 1 is 1.21 bits per heavy atom. The Morgan fingerprint density at radius 3 is 2.61 bits per heavy atom. The molecule has 1 N–H and O–H groups in total. The first-order valence-electron chi connectivity index (χ1n) is 10.7. The highest BCUT2D eigenvalue weighted by atomic mass is 32.1. The highest BCUT2D eigenvalue weighted by molar-refractivity contribution is 7.10. The number of carbonyl (C=O) groups excluding carboxylic acids is 2. The molecule has 1 amide bonds. The number of nitrogens with zero attached hydrogens (tertiary/aromatic N) is 2. The molecule has 3 aromatic rings. The van der Waals surface area contributed by atoms with Gasteiger partial charge in [-0.25, -0.2) is 0 Å². The van der Waals surface area contributed by atoms with Crippen molar-refractivity contribution in [2.45, 2.75) is 39.3 Å². The number of carbonyl (C=O) groups is 2. The average Bonchev–Trinajstić information content (AvgIpc) is 3.34. The van der Waals surface area contributed by atoms with E-state index in [1.54, 1.807) is 31.5 Å². The summed E-state index contributed by atoms with van der Waals surface area (Å²) in [4.78, 5) is 33.0. The molecule has 1 aromatic carbocycles. The Bertz CT molecular complexity index is 1230. The van der Waals surface area contributed by atoms with Gasteiger partial charge in [-0.15, -0.1) is 11.3 Å². The summed E-state index contributed by atoms with van der Waals surface area (Å²) in [6, 6.07) is 12.0. The highest BCUT2D eigenvalue weighted by Crippen LogP contribution is 2.43. The van der Waals surface area contributed by atoms with E-state index in [4.69, 9.17) is 4.74 Å². The maximum atomic E-state index is 13.2. The molecule has 1 aliphatic rings. The van der Waals surface area contributed by atoms with Crippen LogP contribution < -0.4 is 4.74 Å². The first-order chi connectivity index (χ1) is 15.8. The molecule has 0 saturated carbocycles. The summed E-state index contributed by atoms with van der Waals surface area (Å²) < 4.78 is 5.45. The number of hydrogen-bond donors (Lipinski definition) is 1. The van der Waals surface area contributed by atoms with E-state index in [9.17, 15) is 14.7 Å². The quantitative estimate of drug-likeness (QED) is 0.309. The number of benzene rings is 1. The first-order valence-corrected chi connectivity index (χ1v) is 11.6. The minimum atomic E-state index is -0.692. The lowest BCUT2D eigenvalue weighted by Crippen LogP contribution is -2.29. The monoisotopic (exact) mass is 462 g/mol. The van der Waals surface area contributed by atoms with Gasteiger partial charge in [-0.3, -0.25) is 14.6 Å². The number of aromatic nitrogens is 1. The normalized spacial score (nSPS) is 17.7. The molecule has 0 radical (unpaired) electrons. The van der Waals surface area contributed by atoms with E-state index in [1.807, 2.05) is 50.4 Å². The number of ketones is 1. The van der Waals surface area contributed by atoms with Crippen molar-refractivity contribution in [3.63, 3.8) is 0 Å². The van der Waals surface area contributed by atoms with Crippen LogP contribution in [0.3, 0.4) is 0 Å². The fraction of sp³-hybridized carbons (Fsp3) is 0.269. The van der Waals surface area contributed by atoms with Gasteiger partial charge >= 0.3 is 0 Å². The van der Waals surface area contributed by atoms with Crippen molar-refractivity contribution < 1.29 is 19.4 Å². The number of Topliss-reactive ketones (excluding diaryl/α,β-unsaturated/α-hetero) is 1. The number of rotatable bonds is 6. The van der Waals surface area contributed by atoms with Crippen LogP contribution in [0.1, 0.15) is 53.1 Å². The third-order valence-electron chi connectivity index (χ3n) is 5.87. The van der Waals surface area contributed by atoms with E-state index in [-0.39, 0.29) is 23.8 Å². The Kier molecular flexibility index (Phi) is 6.33. The van der Waals surface area contributed by atoms with Gasteiger partial charge in [0.1, 0.15) is 17.6 Å². The molecular weight excluding hydrogens is 436 g/mol. The van der Waals surface area contributed by atoms with E-state index in [2.05, 4.69) is 4.98 Å². The van der Waals surface area contributed by atoms with Crippen molar-refractivity contribution in [3.8, 4) is 5.75 Å². The molecule has 1 saturated heterocycles. The second-order valence-electron chi connectivity index (χ2n) is 8.33. The number of amides is 1. The van der Waals surface area contributed by atoms with Crippen LogP contribution in [0.5, 0.6) is 5.75 Å². The second kappa shape index (κ2) is 9.19. The lowest BCUT2D eigenvalue weighted by Gasteiger charge is -2.24. The van der Waals surface area contributed by atoms with Gasteiger partial charge in [-0.1, -0.05) is 19.9 Å². The van der Waals surface area contributed by atoms with E-state index in [0.29, 0.717) is 17.0 Å². The van der Waals surface area contributed by atoms with E-state index in [1.165, 1.54) is 16.2 Å². The van der Waals surface area contributed by atoms with Gasteiger partial charge in [0, 0.05) is 16.6 Å². The first kappa shape index (κ1) is 22.7. The van der Waals surface area contributed by atoms with Gasteiger partial charge in [0.05, 0.1) is 24.9 Å². The van der Waals surface area contributed by atoms with Crippen molar-refractivity contribution in [2.75, 3.05) is 7.11 Å². The molecule has 6 nitrogen and oxygen atoms in total. The van der Waals surface area contributed by atoms with Crippen LogP contribution in [-0.4, -0.2) is 33.8 Å². The zero-order valence-electron chi connectivity index (χ0n) is 19.0. The summed E-state index contributed by atoms with van der Waals surface area (Å²) in [5, 5.41) is 13.3. The summed E-state index contributed by atoms with van der Waals surface area (Å²) in [5.41, 5.74) is 3.12. The molecule has 4 rings (SSSR count). The van der Waals surface area contributed by atoms with Crippen molar-refractivity contribution in [1.29, 1.82) is 0 Å². The third kappa shape index (κ3) is 4.16. The molecule has 0 aliphatic carbocycles. The second-order valence-corrected chi connectivity index (χ2v) is 9.28. The van der Waals surface area contributed by atoms with Crippen LogP contribution in [0.2, 0.25) is 0 Å². The van der Waals surface area contributed by atoms with Gasteiger partial charge in [0.15, 0.2) is 0 Å². The molecule has 33 heavy (non-hydrogen) atoms. The minimum absolute atomic E-state index is 0.0985. The van der Waals surface area contributed by atoms with E-state index in [0.717, 1.165) is 16.0 Å². The number of methoxy groups -OCH3 is 1. The number of aliphatic hydroxyl groups is 1. The molecule has 0 bridgehead atoms. The van der Waals surface area contributed by atoms with Crippen molar-refractivity contribution >= 4 is 28.8 Å². The molecule has 1 aliphatic heterocycles. The van der Waals surface area contributed by atoms with Crippen LogP contribution in [-0.2, 0) is 16.1 Å². The van der Waals surface area contributed by atoms with Crippen molar-refractivity contribution in [1.82, 2.24) is 9.88 Å². The number of likely N-dealkylation sites (tertiary alicyclic amines) is 1. The average molecular weight is 463 g/mol. The fourth-order valence-electron chi connectivity index (χ4n) is 4.13. The Morgan fingerprint density at radius 2 is 2.00 bits per heavy atom. The van der Waals surface area contributed by atoms with Gasteiger partial charge in [0.2, 0.25) is 0 Å². The number of pyridine rings is 1. The molecule has 1 fully saturated rings. The maximum Gasteiger partial charge on any atom is 0.296 e. The third-order valence-corrected chi connectivity index (χ3v) is 6.94. The SMILES string of the molecule is COc1ccc(/C(O)=C2/C(=O)C(=O)N(Cc3ccccn3)C2c2sccc2C)cc1C(C)C. The zero-order chi connectivity index (χ0) is 23.7. The van der Waals surface area contributed by atoms with Crippen LogP contribution >= 0.6 is 11.3 Å². The molecule has 2 aromatic heterocycles. The number of hydrogen-bond acceptors (Lipinski definition) is 6. The molecule has 7 heteroatoms. The summed E-state index contributed by atoms with van der Waals surface area (Å²) in [6.45, 7) is 6.17. The molecule has 3 heterocycles. The number of thiophene rings is 1. The summed E-state index contributed by atoms with van der Waals surface area (Å²) >= 11 is 1.46. The lowest BCUT2D eigenvalue weighted by molar-refractivity contribution is -0.140. The standard InChI is InChI=1S/C26H26N2O4S/c1-15(2)19-13-17(8-9-20(19)32-4)23(29)21-22(25-16(3)10-12-33-25)28(26(31)24(21)30)14-18-7-5-6-11-27-18/h5-13,15,22,29H,14H2,1-4H3/b23-21-. The van der Waals surface area contributed by atoms with Crippen LogP contribution in [0.25, 0.3) is 5.76 Å². The summed E-state index contributed by atoms with van der Waals surface area (Å²) in [7, 11) is 1.60. The Balaban J connectivity index is 1.87. The predicted molar refractivity (Wildman–Crippen MR) is 128 cm³/mol. The minimum Gasteiger partial charge on any atom is -0.507 e. The van der Waals surface area contributed by atoms with E-state index >= 15 is 0 Å². The van der Waals surface area contributed by atoms with Crippen LogP contribution in [0.4, 0.5) is 0 Å². The highest BCUT2D eigenvalue weighted by Gasteiger charge is 2.47. The fourth-order valence-corrected chi connectivity index (χ4v) is 5.18. The molecule has 0 spiro atoms. The van der Waals surface area contributed by atoms with Crippen molar-refractivity contribution in [2.24, 2.45) is 0 Å². The molecule has 170 valence electrons. The van der Waals surface area contributed by atoms with Gasteiger partial charge in [0.25, 0.3) is 11.7 Å². The van der Waals surface area contributed by atoms with Gasteiger partial charge in [-0.2, -0.15) is 0 Å². The van der Waals surface area contributed by atoms with Crippen LogP contribution in [0.15, 0.2) is 59.6 Å².